The molecule has 0 bridgehead atoms. The van der Waals surface area contributed by atoms with Gasteiger partial charge in [0.2, 0.25) is 0 Å². The first-order valence-electron chi connectivity index (χ1n) is 8.73. The van der Waals surface area contributed by atoms with E-state index in [0.717, 1.165) is 12.0 Å². The molecule has 0 spiro atoms. The first-order valence-corrected chi connectivity index (χ1v) is 8.73. The molecule has 2 aromatic rings. The van der Waals surface area contributed by atoms with E-state index in [9.17, 15) is 9.18 Å². The fourth-order valence-corrected chi connectivity index (χ4v) is 2.65. The van der Waals surface area contributed by atoms with Crippen LogP contribution in [0.4, 0.5) is 9.18 Å². The predicted molar refractivity (Wildman–Crippen MR) is 100 cm³/mol. The molecule has 2 rings (SSSR count). The summed E-state index contributed by atoms with van der Waals surface area (Å²) >= 11 is 0. The Morgan fingerprint density at radius 3 is 2.12 bits per heavy atom. The van der Waals surface area contributed by atoms with E-state index in [1.807, 2.05) is 6.92 Å². The van der Waals surface area contributed by atoms with Gasteiger partial charge in [-0.15, -0.1) is 0 Å². The van der Waals surface area contributed by atoms with Crippen LogP contribution in [0.15, 0.2) is 48.5 Å². The van der Waals surface area contributed by atoms with Gasteiger partial charge in [-0.3, -0.25) is 0 Å². The van der Waals surface area contributed by atoms with Gasteiger partial charge in [-0.25, -0.2) is 9.18 Å². The van der Waals surface area contributed by atoms with Crippen LogP contribution >= 0.6 is 0 Å². The Balaban J connectivity index is 1.83. The Hall–Kier alpha value is -2.36. The molecule has 0 aliphatic carbocycles. The summed E-state index contributed by atoms with van der Waals surface area (Å²) in [6, 6.07) is 14.5. The van der Waals surface area contributed by atoms with Crippen LogP contribution in [0.5, 0.6) is 0 Å². The van der Waals surface area contributed by atoms with E-state index in [-0.39, 0.29) is 17.9 Å². The number of nitrogens with one attached hydrogen (secondary N) is 1. The number of carbonyl (C=O) groups excluding carboxylic acids is 1. The minimum atomic E-state index is -0.272. The summed E-state index contributed by atoms with van der Waals surface area (Å²) in [7, 11) is 1.75. The molecule has 1 atom stereocenters. The highest BCUT2D eigenvalue weighted by Crippen LogP contribution is 2.19. The van der Waals surface area contributed by atoms with Crippen LogP contribution in [0.2, 0.25) is 0 Å². The highest BCUT2D eigenvalue weighted by molar-refractivity contribution is 5.74. The van der Waals surface area contributed by atoms with Crippen LogP contribution in [0.3, 0.4) is 0 Å². The molecule has 0 saturated carbocycles. The van der Waals surface area contributed by atoms with Gasteiger partial charge in [0.1, 0.15) is 5.82 Å². The van der Waals surface area contributed by atoms with Gasteiger partial charge in [0.15, 0.2) is 0 Å². The molecule has 2 aromatic carbocycles. The van der Waals surface area contributed by atoms with E-state index in [4.69, 9.17) is 0 Å². The SMILES string of the molecule is CC(C)c1ccc(CCNC(=O)N(C)[C@@H](C)c2ccc(F)cc2)cc1. The molecule has 2 amide bonds. The molecule has 134 valence electrons. The average Bonchev–Trinajstić information content (AvgIpc) is 2.61. The number of halogens is 1. The highest BCUT2D eigenvalue weighted by atomic mass is 19.1. The summed E-state index contributed by atoms with van der Waals surface area (Å²) in [5, 5.41) is 2.94. The van der Waals surface area contributed by atoms with E-state index >= 15 is 0 Å². The number of benzene rings is 2. The van der Waals surface area contributed by atoms with Gasteiger partial charge >= 0.3 is 6.03 Å². The Bertz CT molecular complexity index is 680. The van der Waals surface area contributed by atoms with Crippen molar-refractivity contribution in [1.82, 2.24) is 10.2 Å². The van der Waals surface area contributed by atoms with E-state index in [0.29, 0.717) is 12.5 Å². The van der Waals surface area contributed by atoms with Crippen molar-refractivity contribution in [2.45, 2.75) is 39.2 Å². The average molecular weight is 342 g/mol. The number of urea groups is 1. The van der Waals surface area contributed by atoms with Gasteiger partial charge in [0.05, 0.1) is 6.04 Å². The lowest BCUT2D eigenvalue weighted by molar-refractivity contribution is 0.194. The predicted octanol–water partition coefficient (Wildman–Crippen LogP) is 4.89. The van der Waals surface area contributed by atoms with E-state index < -0.39 is 0 Å². The van der Waals surface area contributed by atoms with Crippen LogP contribution in [-0.2, 0) is 6.42 Å². The number of hydrogen-bond donors (Lipinski definition) is 1. The van der Waals surface area contributed by atoms with E-state index in [1.54, 1.807) is 24.1 Å². The van der Waals surface area contributed by atoms with Crippen molar-refractivity contribution < 1.29 is 9.18 Å². The van der Waals surface area contributed by atoms with Crippen molar-refractivity contribution in [3.63, 3.8) is 0 Å². The van der Waals surface area contributed by atoms with Crippen molar-refractivity contribution in [2.75, 3.05) is 13.6 Å². The third kappa shape index (κ3) is 5.31. The van der Waals surface area contributed by atoms with Crippen LogP contribution in [-0.4, -0.2) is 24.5 Å². The normalized spacial score (nSPS) is 12.1. The molecule has 3 nitrogen and oxygen atoms in total. The van der Waals surface area contributed by atoms with Crippen LogP contribution in [0.25, 0.3) is 0 Å². The molecule has 1 N–H and O–H groups in total. The molecule has 0 fully saturated rings. The Morgan fingerprint density at radius 1 is 1.00 bits per heavy atom. The van der Waals surface area contributed by atoms with Crippen molar-refractivity contribution in [2.24, 2.45) is 0 Å². The standard InChI is InChI=1S/C21H27FN2O/c1-15(2)18-7-5-17(6-8-18)13-14-23-21(25)24(4)16(3)19-9-11-20(22)12-10-19/h5-12,15-16H,13-14H2,1-4H3,(H,23,25)/t16-/m0/s1. The third-order valence-corrected chi connectivity index (χ3v) is 4.59. The van der Waals surface area contributed by atoms with Gasteiger partial charge in [0, 0.05) is 13.6 Å². The summed E-state index contributed by atoms with van der Waals surface area (Å²) in [4.78, 5) is 13.9. The number of carbonyl (C=O) groups is 1. The van der Waals surface area contributed by atoms with Crippen molar-refractivity contribution in [3.05, 3.63) is 71.0 Å². The molecule has 4 heteroatoms. The second kappa shape index (κ2) is 8.65. The molecule has 0 aliphatic heterocycles. The molecule has 25 heavy (non-hydrogen) atoms. The summed E-state index contributed by atoms with van der Waals surface area (Å²) in [6.07, 6.45) is 0.795. The molecule has 0 heterocycles. The molecule has 0 unspecified atom stereocenters. The lowest BCUT2D eigenvalue weighted by Crippen LogP contribution is -2.39. The smallest absolute Gasteiger partial charge is 0.317 e. The van der Waals surface area contributed by atoms with Gasteiger partial charge in [-0.2, -0.15) is 0 Å². The Morgan fingerprint density at radius 2 is 1.56 bits per heavy atom. The van der Waals surface area contributed by atoms with Crippen molar-refractivity contribution in [3.8, 4) is 0 Å². The largest absolute Gasteiger partial charge is 0.338 e. The number of nitrogens with zero attached hydrogens (tertiary/aromatic N) is 1. The quantitative estimate of drug-likeness (QED) is 0.796. The summed E-state index contributed by atoms with van der Waals surface area (Å²) < 4.78 is 13.0. The maximum Gasteiger partial charge on any atom is 0.317 e. The zero-order valence-corrected chi connectivity index (χ0v) is 15.4. The molecule has 0 aliphatic rings. The first-order chi connectivity index (χ1) is 11.9. The lowest BCUT2D eigenvalue weighted by atomic mass is 10.0. The second-order valence-corrected chi connectivity index (χ2v) is 6.72. The Kier molecular flexibility index (Phi) is 6.57. The maximum atomic E-state index is 13.0. The number of rotatable bonds is 6. The zero-order chi connectivity index (χ0) is 18.4. The maximum absolute atomic E-state index is 13.0. The lowest BCUT2D eigenvalue weighted by Gasteiger charge is -2.25. The minimum absolute atomic E-state index is 0.120. The van der Waals surface area contributed by atoms with Crippen molar-refractivity contribution in [1.29, 1.82) is 0 Å². The molecular formula is C21H27FN2O. The first kappa shape index (κ1) is 19.0. The fourth-order valence-electron chi connectivity index (χ4n) is 2.65. The highest BCUT2D eigenvalue weighted by Gasteiger charge is 2.16. The van der Waals surface area contributed by atoms with Gasteiger partial charge in [-0.1, -0.05) is 50.2 Å². The van der Waals surface area contributed by atoms with Crippen LogP contribution in [0, 0.1) is 5.82 Å². The van der Waals surface area contributed by atoms with E-state index in [2.05, 4.69) is 43.4 Å². The summed E-state index contributed by atoms with van der Waals surface area (Å²) in [5.41, 5.74) is 3.43. The van der Waals surface area contributed by atoms with E-state index in [1.165, 1.54) is 23.3 Å². The zero-order valence-electron chi connectivity index (χ0n) is 15.4. The molecule has 0 radical (unpaired) electrons. The third-order valence-electron chi connectivity index (χ3n) is 4.59. The van der Waals surface area contributed by atoms with Crippen LogP contribution < -0.4 is 5.32 Å². The molecular weight excluding hydrogens is 315 g/mol. The van der Waals surface area contributed by atoms with Gasteiger partial charge in [0.25, 0.3) is 0 Å². The molecule has 0 aromatic heterocycles. The topological polar surface area (TPSA) is 32.3 Å². The second-order valence-electron chi connectivity index (χ2n) is 6.72. The number of hydrogen-bond acceptors (Lipinski definition) is 1. The minimum Gasteiger partial charge on any atom is -0.338 e. The van der Waals surface area contributed by atoms with Crippen LogP contribution in [0.1, 0.15) is 49.4 Å². The fraction of sp³-hybridized carbons (Fsp3) is 0.381. The monoisotopic (exact) mass is 342 g/mol. The van der Waals surface area contributed by atoms with Gasteiger partial charge in [-0.05, 0) is 48.1 Å². The van der Waals surface area contributed by atoms with Gasteiger partial charge < -0.3 is 10.2 Å². The van der Waals surface area contributed by atoms with Crippen molar-refractivity contribution >= 4 is 6.03 Å². The molecule has 0 saturated heterocycles. The Labute approximate surface area is 149 Å². The summed E-state index contributed by atoms with van der Waals surface area (Å²) in [5.74, 6) is 0.252. The summed E-state index contributed by atoms with van der Waals surface area (Å²) in [6.45, 7) is 6.86. The number of amides is 2.